The van der Waals surface area contributed by atoms with Gasteiger partial charge in [0.1, 0.15) is 5.69 Å². The minimum atomic E-state index is 0.362. The van der Waals surface area contributed by atoms with Crippen LogP contribution in [0.4, 0.5) is 11.4 Å². The lowest BCUT2D eigenvalue weighted by Gasteiger charge is -2.16. The normalized spacial score (nSPS) is 9.58. The van der Waals surface area contributed by atoms with E-state index >= 15 is 0 Å². The third kappa shape index (κ3) is 3.76. The first kappa shape index (κ1) is 17.2. The van der Waals surface area contributed by atoms with Gasteiger partial charge in [-0.05, 0) is 43.7 Å². The van der Waals surface area contributed by atoms with E-state index in [-0.39, 0.29) is 0 Å². The van der Waals surface area contributed by atoms with E-state index in [1.54, 1.807) is 24.3 Å². The standard InChI is InChI=1S/C18H16N2O4/c1-3-23-17-15(13-5-7-14(8-6-13)19-11-21)9-10-16(20-12-22)18(17)24-4-2/h5-10H,3-4H2,1-2H3. The maximum atomic E-state index is 10.6. The molecule has 24 heavy (non-hydrogen) atoms. The number of nitrogens with zero attached hydrogens (tertiary/aromatic N) is 2. The van der Waals surface area contributed by atoms with E-state index in [1.165, 1.54) is 12.2 Å². The summed E-state index contributed by atoms with van der Waals surface area (Å²) in [4.78, 5) is 28.2. The molecule has 2 aromatic carbocycles. The lowest BCUT2D eigenvalue weighted by Crippen LogP contribution is -2.00. The molecule has 0 N–H and O–H groups in total. The predicted octanol–water partition coefficient (Wildman–Crippen LogP) is 4.09. The Hall–Kier alpha value is -3.20. The van der Waals surface area contributed by atoms with Crippen molar-refractivity contribution in [1.29, 1.82) is 0 Å². The molecule has 0 amide bonds. The Morgan fingerprint density at radius 1 is 0.833 bits per heavy atom. The van der Waals surface area contributed by atoms with Crippen LogP contribution in [-0.2, 0) is 9.59 Å². The molecule has 0 radical (unpaired) electrons. The summed E-state index contributed by atoms with van der Waals surface area (Å²) in [6.45, 7) is 4.52. The number of hydrogen-bond donors (Lipinski definition) is 0. The fraction of sp³-hybridized carbons (Fsp3) is 0.222. The molecule has 0 aliphatic heterocycles. The number of aliphatic imine (C=N–C) groups is 2. The number of carbonyl (C=O) groups excluding carboxylic acids is 2. The van der Waals surface area contributed by atoms with Crippen LogP contribution in [0.2, 0.25) is 0 Å². The molecule has 0 aliphatic rings. The van der Waals surface area contributed by atoms with E-state index < -0.39 is 0 Å². The summed E-state index contributed by atoms with van der Waals surface area (Å²) in [6, 6.07) is 10.5. The Balaban J connectivity index is 2.61. The quantitative estimate of drug-likeness (QED) is 0.568. The van der Waals surface area contributed by atoms with Gasteiger partial charge >= 0.3 is 0 Å². The average molecular weight is 324 g/mol. The van der Waals surface area contributed by atoms with Gasteiger partial charge in [0.15, 0.2) is 11.5 Å². The molecule has 0 fully saturated rings. The Kier molecular flexibility index (Phi) is 6.03. The molecule has 0 aliphatic carbocycles. The molecule has 0 unspecified atom stereocenters. The van der Waals surface area contributed by atoms with Gasteiger partial charge in [-0.2, -0.15) is 9.98 Å². The Morgan fingerprint density at radius 3 is 2.04 bits per heavy atom. The number of rotatable bonds is 7. The predicted molar refractivity (Wildman–Crippen MR) is 89.8 cm³/mol. The first-order valence-corrected chi connectivity index (χ1v) is 7.43. The molecule has 2 rings (SSSR count). The van der Waals surface area contributed by atoms with Crippen molar-refractivity contribution in [2.75, 3.05) is 13.2 Å². The summed E-state index contributed by atoms with van der Waals surface area (Å²) < 4.78 is 11.4. The molecule has 0 atom stereocenters. The van der Waals surface area contributed by atoms with Crippen molar-refractivity contribution >= 4 is 23.5 Å². The Bertz CT molecular complexity index is 803. The fourth-order valence-electron chi connectivity index (χ4n) is 2.26. The van der Waals surface area contributed by atoms with Crippen molar-refractivity contribution < 1.29 is 19.1 Å². The lowest BCUT2D eigenvalue weighted by molar-refractivity contribution is 0.290. The minimum absolute atomic E-state index is 0.362. The topological polar surface area (TPSA) is 77.3 Å². The summed E-state index contributed by atoms with van der Waals surface area (Å²) in [6.07, 6.45) is 3.03. The highest BCUT2D eigenvalue weighted by Gasteiger charge is 2.17. The van der Waals surface area contributed by atoms with Crippen molar-refractivity contribution in [2.45, 2.75) is 13.8 Å². The van der Waals surface area contributed by atoms with Crippen LogP contribution in [0.25, 0.3) is 11.1 Å². The minimum Gasteiger partial charge on any atom is -0.489 e. The highest BCUT2D eigenvalue weighted by atomic mass is 16.5. The van der Waals surface area contributed by atoms with Crippen LogP contribution in [0.3, 0.4) is 0 Å². The van der Waals surface area contributed by atoms with Crippen LogP contribution in [0.5, 0.6) is 11.5 Å². The zero-order valence-electron chi connectivity index (χ0n) is 13.4. The van der Waals surface area contributed by atoms with Crippen molar-refractivity contribution in [3.63, 3.8) is 0 Å². The van der Waals surface area contributed by atoms with Gasteiger partial charge in [-0.15, -0.1) is 0 Å². The summed E-state index contributed by atoms with van der Waals surface area (Å²) in [5.41, 5.74) is 2.51. The SMILES string of the molecule is CCOc1c(N=C=O)ccc(-c2ccc(N=C=O)cc2)c1OCC. The van der Waals surface area contributed by atoms with Crippen molar-refractivity contribution in [2.24, 2.45) is 9.98 Å². The van der Waals surface area contributed by atoms with Gasteiger partial charge in [-0.1, -0.05) is 12.1 Å². The highest BCUT2D eigenvalue weighted by Crippen LogP contribution is 2.44. The molecular weight excluding hydrogens is 308 g/mol. The van der Waals surface area contributed by atoms with Crippen LogP contribution in [0.1, 0.15) is 13.8 Å². The molecule has 0 aromatic heterocycles. The van der Waals surface area contributed by atoms with Gasteiger partial charge in [0.05, 0.1) is 18.9 Å². The zero-order chi connectivity index (χ0) is 17.4. The monoisotopic (exact) mass is 324 g/mol. The van der Waals surface area contributed by atoms with Gasteiger partial charge in [-0.25, -0.2) is 9.59 Å². The summed E-state index contributed by atoms with van der Waals surface area (Å²) in [5.74, 6) is 0.901. The molecule has 0 saturated heterocycles. The number of ether oxygens (including phenoxy) is 2. The summed E-state index contributed by atoms with van der Waals surface area (Å²) >= 11 is 0. The van der Waals surface area contributed by atoms with Crippen molar-refractivity contribution in [3.05, 3.63) is 36.4 Å². The smallest absolute Gasteiger partial charge is 0.240 e. The molecule has 122 valence electrons. The largest absolute Gasteiger partial charge is 0.489 e. The molecule has 0 spiro atoms. The van der Waals surface area contributed by atoms with Gasteiger partial charge in [-0.3, -0.25) is 0 Å². The van der Waals surface area contributed by atoms with E-state index in [0.717, 1.165) is 11.1 Å². The maximum Gasteiger partial charge on any atom is 0.240 e. The molecule has 6 nitrogen and oxygen atoms in total. The van der Waals surface area contributed by atoms with E-state index in [9.17, 15) is 9.59 Å². The summed E-state index contributed by atoms with van der Waals surface area (Å²) in [7, 11) is 0. The first-order valence-electron chi connectivity index (χ1n) is 7.43. The zero-order valence-corrected chi connectivity index (χ0v) is 13.4. The van der Waals surface area contributed by atoms with Crippen LogP contribution >= 0.6 is 0 Å². The molecule has 0 saturated carbocycles. The molecule has 0 heterocycles. The average Bonchev–Trinajstić information content (AvgIpc) is 2.59. The van der Waals surface area contributed by atoms with Crippen LogP contribution < -0.4 is 9.47 Å². The van der Waals surface area contributed by atoms with Gasteiger partial charge in [0.25, 0.3) is 0 Å². The molecule has 6 heteroatoms. The van der Waals surface area contributed by atoms with E-state index in [2.05, 4.69) is 9.98 Å². The third-order valence-corrected chi connectivity index (χ3v) is 3.19. The Morgan fingerprint density at radius 2 is 1.46 bits per heavy atom. The van der Waals surface area contributed by atoms with E-state index in [1.807, 2.05) is 26.0 Å². The van der Waals surface area contributed by atoms with Crippen LogP contribution in [0, 0.1) is 0 Å². The third-order valence-electron chi connectivity index (χ3n) is 3.19. The molecular formula is C18H16N2O4. The fourth-order valence-corrected chi connectivity index (χ4v) is 2.26. The summed E-state index contributed by atoms with van der Waals surface area (Å²) in [5, 5.41) is 0. The second kappa shape index (κ2) is 8.44. The second-order valence-electron chi connectivity index (χ2n) is 4.61. The maximum absolute atomic E-state index is 10.6. The van der Waals surface area contributed by atoms with Gasteiger partial charge in [0.2, 0.25) is 12.2 Å². The van der Waals surface area contributed by atoms with E-state index in [4.69, 9.17) is 9.47 Å². The second-order valence-corrected chi connectivity index (χ2v) is 4.61. The van der Waals surface area contributed by atoms with Crippen LogP contribution in [-0.4, -0.2) is 25.4 Å². The lowest BCUT2D eigenvalue weighted by atomic mass is 10.0. The number of benzene rings is 2. The van der Waals surface area contributed by atoms with Crippen molar-refractivity contribution in [3.8, 4) is 22.6 Å². The van der Waals surface area contributed by atoms with Gasteiger partial charge in [0, 0.05) is 5.56 Å². The highest BCUT2D eigenvalue weighted by molar-refractivity contribution is 5.80. The molecule has 2 aromatic rings. The van der Waals surface area contributed by atoms with Gasteiger partial charge < -0.3 is 9.47 Å². The van der Waals surface area contributed by atoms with E-state index in [0.29, 0.717) is 36.1 Å². The molecule has 0 bridgehead atoms. The Labute approximate surface area is 139 Å². The number of hydrogen-bond acceptors (Lipinski definition) is 6. The number of isocyanates is 2. The first-order chi connectivity index (χ1) is 11.7. The van der Waals surface area contributed by atoms with Crippen LogP contribution in [0.15, 0.2) is 46.4 Å². The van der Waals surface area contributed by atoms with Crippen molar-refractivity contribution in [1.82, 2.24) is 0 Å².